The van der Waals surface area contributed by atoms with Crippen LogP contribution in [0.2, 0.25) is 0 Å². The number of hydrogen-bond acceptors (Lipinski definition) is 2. The third kappa shape index (κ3) is 5.41. The van der Waals surface area contributed by atoms with Gasteiger partial charge in [-0.15, -0.1) is 0 Å². The Balaban J connectivity index is 2.05. The van der Waals surface area contributed by atoms with Crippen LogP contribution in [0.25, 0.3) is 0 Å². The van der Waals surface area contributed by atoms with Crippen molar-refractivity contribution in [3.63, 3.8) is 0 Å². The van der Waals surface area contributed by atoms with Crippen LogP contribution in [0.4, 0.5) is 10.1 Å². The standard InChI is InChI=1S/C20H23FN2O2/c1-13(2)19(23-18(24)12-15-7-5-4-6-8-15)20(25)22-17-11-14(3)9-10-16(17)21/h4-11,13,19H,12H2,1-3H3,(H,22,25)(H,23,24). The molecular weight excluding hydrogens is 319 g/mol. The molecule has 132 valence electrons. The van der Waals surface area contributed by atoms with Crippen LogP contribution in [0.15, 0.2) is 48.5 Å². The minimum atomic E-state index is -0.740. The van der Waals surface area contributed by atoms with Gasteiger partial charge in [0.25, 0.3) is 0 Å². The van der Waals surface area contributed by atoms with Gasteiger partial charge in [0, 0.05) is 0 Å². The first-order valence-corrected chi connectivity index (χ1v) is 8.27. The van der Waals surface area contributed by atoms with Gasteiger partial charge in [-0.1, -0.05) is 50.2 Å². The van der Waals surface area contributed by atoms with Crippen LogP contribution in [-0.2, 0) is 16.0 Å². The number of aryl methyl sites for hydroxylation is 1. The van der Waals surface area contributed by atoms with E-state index >= 15 is 0 Å². The van der Waals surface area contributed by atoms with Crippen LogP contribution in [0.5, 0.6) is 0 Å². The topological polar surface area (TPSA) is 58.2 Å². The summed E-state index contributed by atoms with van der Waals surface area (Å²) < 4.78 is 13.8. The molecule has 0 bridgehead atoms. The Morgan fingerprint density at radius 2 is 1.76 bits per heavy atom. The van der Waals surface area contributed by atoms with Gasteiger partial charge in [-0.05, 0) is 36.1 Å². The highest BCUT2D eigenvalue weighted by molar-refractivity contribution is 5.97. The van der Waals surface area contributed by atoms with Gasteiger partial charge in [0.1, 0.15) is 11.9 Å². The zero-order valence-corrected chi connectivity index (χ0v) is 14.7. The summed E-state index contributed by atoms with van der Waals surface area (Å²) in [5.41, 5.74) is 1.83. The average Bonchev–Trinajstić information content (AvgIpc) is 2.56. The minimum absolute atomic E-state index is 0.118. The Morgan fingerprint density at radius 1 is 1.08 bits per heavy atom. The third-order valence-corrected chi connectivity index (χ3v) is 3.85. The summed E-state index contributed by atoms with van der Waals surface area (Å²) in [5, 5.41) is 5.32. The summed E-state index contributed by atoms with van der Waals surface area (Å²) in [4.78, 5) is 24.8. The molecule has 0 fully saturated rings. The second-order valence-corrected chi connectivity index (χ2v) is 6.42. The second kappa shape index (κ2) is 8.42. The van der Waals surface area contributed by atoms with E-state index in [0.29, 0.717) is 0 Å². The maximum absolute atomic E-state index is 13.8. The molecule has 2 N–H and O–H groups in total. The number of hydrogen-bond donors (Lipinski definition) is 2. The van der Waals surface area contributed by atoms with Crippen molar-refractivity contribution in [3.8, 4) is 0 Å². The van der Waals surface area contributed by atoms with Gasteiger partial charge in [0.15, 0.2) is 0 Å². The molecule has 25 heavy (non-hydrogen) atoms. The lowest BCUT2D eigenvalue weighted by Gasteiger charge is -2.22. The van der Waals surface area contributed by atoms with Crippen LogP contribution >= 0.6 is 0 Å². The summed E-state index contributed by atoms with van der Waals surface area (Å²) in [5.74, 6) is -1.31. The highest BCUT2D eigenvalue weighted by Gasteiger charge is 2.25. The van der Waals surface area contributed by atoms with E-state index in [1.54, 1.807) is 12.1 Å². The fraction of sp³-hybridized carbons (Fsp3) is 0.300. The summed E-state index contributed by atoms with van der Waals surface area (Å²) >= 11 is 0. The highest BCUT2D eigenvalue weighted by atomic mass is 19.1. The van der Waals surface area contributed by atoms with Gasteiger partial charge in [-0.2, -0.15) is 0 Å². The van der Waals surface area contributed by atoms with Crippen LogP contribution < -0.4 is 10.6 Å². The van der Waals surface area contributed by atoms with Crippen LogP contribution in [0.3, 0.4) is 0 Å². The first-order chi connectivity index (χ1) is 11.9. The van der Waals surface area contributed by atoms with Crippen molar-refractivity contribution in [2.45, 2.75) is 33.2 Å². The van der Waals surface area contributed by atoms with Gasteiger partial charge < -0.3 is 10.6 Å². The lowest BCUT2D eigenvalue weighted by molar-refractivity contribution is -0.127. The molecular formula is C20H23FN2O2. The molecule has 0 saturated carbocycles. The molecule has 0 saturated heterocycles. The number of rotatable bonds is 6. The molecule has 2 amide bonds. The van der Waals surface area contributed by atoms with Crippen molar-refractivity contribution in [3.05, 3.63) is 65.5 Å². The van der Waals surface area contributed by atoms with E-state index in [-0.39, 0.29) is 23.9 Å². The zero-order valence-electron chi connectivity index (χ0n) is 14.7. The van der Waals surface area contributed by atoms with Crippen molar-refractivity contribution in [1.82, 2.24) is 5.32 Å². The lowest BCUT2D eigenvalue weighted by atomic mass is 10.0. The largest absolute Gasteiger partial charge is 0.344 e. The molecule has 2 rings (SSSR count). The van der Waals surface area contributed by atoms with E-state index in [9.17, 15) is 14.0 Å². The monoisotopic (exact) mass is 342 g/mol. The maximum atomic E-state index is 13.8. The molecule has 0 radical (unpaired) electrons. The molecule has 4 nitrogen and oxygen atoms in total. The first-order valence-electron chi connectivity index (χ1n) is 8.27. The number of benzene rings is 2. The third-order valence-electron chi connectivity index (χ3n) is 3.85. The van der Waals surface area contributed by atoms with E-state index < -0.39 is 17.8 Å². The molecule has 1 atom stereocenters. The number of carbonyl (C=O) groups is 2. The van der Waals surface area contributed by atoms with Gasteiger partial charge >= 0.3 is 0 Å². The number of amides is 2. The quantitative estimate of drug-likeness (QED) is 0.845. The summed E-state index contributed by atoms with van der Waals surface area (Å²) in [7, 11) is 0. The predicted molar refractivity (Wildman–Crippen MR) is 96.7 cm³/mol. The van der Waals surface area contributed by atoms with Gasteiger partial charge in [0.05, 0.1) is 12.1 Å². The minimum Gasteiger partial charge on any atom is -0.344 e. The van der Waals surface area contributed by atoms with Crippen molar-refractivity contribution in [1.29, 1.82) is 0 Å². The van der Waals surface area contributed by atoms with Crippen molar-refractivity contribution in [2.24, 2.45) is 5.92 Å². The number of anilines is 1. The average molecular weight is 342 g/mol. The molecule has 2 aromatic rings. The lowest BCUT2D eigenvalue weighted by Crippen LogP contribution is -2.47. The number of carbonyl (C=O) groups excluding carboxylic acids is 2. The van der Waals surface area contributed by atoms with E-state index in [1.807, 2.05) is 51.1 Å². The second-order valence-electron chi connectivity index (χ2n) is 6.42. The number of halogens is 1. The fourth-order valence-electron chi connectivity index (χ4n) is 2.49. The summed E-state index contributed by atoms with van der Waals surface area (Å²) in [6.07, 6.45) is 0.191. The molecule has 5 heteroatoms. The summed E-state index contributed by atoms with van der Waals surface area (Å²) in [6, 6.07) is 13.1. The molecule has 2 aromatic carbocycles. The van der Waals surface area contributed by atoms with Gasteiger partial charge in [-0.25, -0.2) is 4.39 Å². The van der Waals surface area contributed by atoms with Crippen LogP contribution in [0.1, 0.15) is 25.0 Å². The number of nitrogens with one attached hydrogen (secondary N) is 2. The normalized spacial score (nSPS) is 11.9. The van der Waals surface area contributed by atoms with E-state index in [1.165, 1.54) is 6.07 Å². The molecule has 0 aromatic heterocycles. The predicted octanol–water partition coefficient (Wildman–Crippen LogP) is 3.46. The van der Waals surface area contributed by atoms with Crippen LogP contribution in [0, 0.1) is 18.7 Å². The first kappa shape index (κ1) is 18.6. The van der Waals surface area contributed by atoms with Gasteiger partial charge in [-0.3, -0.25) is 9.59 Å². The Bertz CT molecular complexity index is 745. The Hall–Kier alpha value is -2.69. The molecule has 1 unspecified atom stereocenters. The van der Waals surface area contributed by atoms with E-state index in [2.05, 4.69) is 10.6 Å². The Labute approximate surface area is 147 Å². The smallest absolute Gasteiger partial charge is 0.247 e. The molecule has 0 aliphatic carbocycles. The van der Waals surface area contributed by atoms with Crippen LogP contribution in [-0.4, -0.2) is 17.9 Å². The molecule has 0 spiro atoms. The van der Waals surface area contributed by atoms with E-state index in [0.717, 1.165) is 11.1 Å². The highest BCUT2D eigenvalue weighted by Crippen LogP contribution is 2.17. The maximum Gasteiger partial charge on any atom is 0.247 e. The molecule has 0 aliphatic heterocycles. The van der Waals surface area contributed by atoms with Crippen molar-refractivity contribution < 1.29 is 14.0 Å². The summed E-state index contributed by atoms with van der Waals surface area (Å²) in [6.45, 7) is 5.48. The SMILES string of the molecule is Cc1ccc(F)c(NC(=O)C(NC(=O)Cc2ccccc2)C(C)C)c1. The Morgan fingerprint density at radius 3 is 2.40 bits per heavy atom. The zero-order chi connectivity index (χ0) is 18.4. The fourth-order valence-corrected chi connectivity index (χ4v) is 2.49. The molecule has 0 aliphatic rings. The van der Waals surface area contributed by atoms with Gasteiger partial charge in [0.2, 0.25) is 11.8 Å². The molecule has 0 heterocycles. The van der Waals surface area contributed by atoms with Crippen molar-refractivity contribution in [2.75, 3.05) is 5.32 Å². The Kier molecular flexibility index (Phi) is 6.28. The van der Waals surface area contributed by atoms with E-state index in [4.69, 9.17) is 0 Å². The van der Waals surface area contributed by atoms with Crippen molar-refractivity contribution >= 4 is 17.5 Å².